The van der Waals surface area contributed by atoms with E-state index in [2.05, 4.69) is 30.6 Å². The highest BCUT2D eigenvalue weighted by Gasteiger charge is 2.10. The first-order chi connectivity index (χ1) is 8.88. The topological polar surface area (TPSA) is 81.4 Å². The predicted molar refractivity (Wildman–Crippen MR) is 66.3 cm³/mol. The van der Waals surface area contributed by atoms with E-state index in [1.165, 1.54) is 6.33 Å². The summed E-state index contributed by atoms with van der Waals surface area (Å²) in [6.07, 6.45) is 4.93. The van der Waals surface area contributed by atoms with Crippen molar-refractivity contribution in [1.82, 2.24) is 29.9 Å². The van der Waals surface area contributed by atoms with E-state index in [1.807, 2.05) is 19.1 Å². The molecule has 0 fully saturated rings. The van der Waals surface area contributed by atoms with Gasteiger partial charge < -0.3 is 5.32 Å². The minimum atomic E-state index is 0.644. The Morgan fingerprint density at radius 2 is 2.06 bits per heavy atom. The lowest BCUT2D eigenvalue weighted by atomic mass is 10.4. The Balaban J connectivity index is 2.05. The fraction of sp³-hybridized carbons (Fsp3) is 0.182. The predicted octanol–water partition coefficient (Wildman–Crippen LogP) is 1.38. The molecule has 3 heterocycles. The summed E-state index contributed by atoms with van der Waals surface area (Å²) in [4.78, 5) is 12.3. The van der Waals surface area contributed by atoms with Crippen LogP contribution in [0.5, 0.6) is 0 Å². The maximum Gasteiger partial charge on any atom is 0.183 e. The van der Waals surface area contributed by atoms with Gasteiger partial charge in [0.15, 0.2) is 17.0 Å². The lowest BCUT2D eigenvalue weighted by molar-refractivity contribution is 0.641. The Labute approximate surface area is 103 Å². The van der Waals surface area contributed by atoms with Crippen molar-refractivity contribution in [3.63, 3.8) is 0 Å². The molecule has 0 saturated carbocycles. The van der Waals surface area contributed by atoms with Gasteiger partial charge in [-0.3, -0.25) is 4.98 Å². The van der Waals surface area contributed by atoms with Crippen LogP contribution in [0.25, 0.3) is 11.2 Å². The van der Waals surface area contributed by atoms with Crippen molar-refractivity contribution in [2.24, 2.45) is 0 Å². The maximum absolute atomic E-state index is 4.19. The van der Waals surface area contributed by atoms with E-state index < -0.39 is 0 Å². The van der Waals surface area contributed by atoms with Gasteiger partial charge in [-0.05, 0) is 19.1 Å². The lowest BCUT2D eigenvalue weighted by Gasteiger charge is -2.04. The molecule has 0 unspecified atom stereocenters. The van der Waals surface area contributed by atoms with E-state index in [-0.39, 0.29) is 0 Å². The van der Waals surface area contributed by atoms with Gasteiger partial charge in [0.1, 0.15) is 6.33 Å². The van der Waals surface area contributed by atoms with Gasteiger partial charge in [-0.2, -0.15) is 0 Å². The van der Waals surface area contributed by atoms with E-state index in [0.29, 0.717) is 11.3 Å². The number of nitrogens with zero attached hydrogens (tertiary/aromatic N) is 6. The van der Waals surface area contributed by atoms with Crippen LogP contribution < -0.4 is 5.32 Å². The second-order valence-electron chi connectivity index (χ2n) is 3.66. The summed E-state index contributed by atoms with van der Waals surface area (Å²) in [6, 6.07) is 3.72. The zero-order chi connectivity index (χ0) is 12.4. The first-order valence-corrected chi connectivity index (χ1v) is 5.59. The standard InChI is InChI=1S/C11H11N7/c1-2-18-11-9(16-17-18)10(13-7-14-11)15-8-3-5-12-6-4-8/h3-7H,2H2,1H3,(H,12,13,14,15). The summed E-state index contributed by atoms with van der Waals surface area (Å²) in [7, 11) is 0. The number of nitrogens with one attached hydrogen (secondary N) is 1. The van der Waals surface area contributed by atoms with Crippen LogP contribution >= 0.6 is 0 Å². The summed E-state index contributed by atoms with van der Waals surface area (Å²) in [6.45, 7) is 2.72. The number of fused-ring (bicyclic) bond motifs is 1. The number of aromatic nitrogens is 6. The zero-order valence-electron chi connectivity index (χ0n) is 9.78. The minimum absolute atomic E-state index is 0.644. The highest BCUT2D eigenvalue weighted by Crippen LogP contribution is 2.19. The molecule has 3 rings (SSSR count). The van der Waals surface area contributed by atoms with Gasteiger partial charge in [-0.15, -0.1) is 5.10 Å². The van der Waals surface area contributed by atoms with Crippen molar-refractivity contribution in [2.75, 3.05) is 5.32 Å². The van der Waals surface area contributed by atoms with Crippen molar-refractivity contribution in [3.05, 3.63) is 30.9 Å². The number of anilines is 2. The third-order valence-electron chi connectivity index (χ3n) is 2.54. The van der Waals surface area contributed by atoms with Gasteiger partial charge in [-0.25, -0.2) is 14.6 Å². The van der Waals surface area contributed by atoms with Crippen molar-refractivity contribution >= 4 is 22.7 Å². The molecular weight excluding hydrogens is 230 g/mol. The van der Waals surface area contributed by atoms with E-state index in [4.69, 9.17) is 0 Å². The maximum atomic E-state index is 4.19. The SMILES string of the molecule is CCn1nnc2c(Nc3ccncc3)ncnc21. The van der Waals surface area contributed by atoms with Gasteiger partial charge in [0.2, 0.25) is 0 Å². The second kappa shape index (κ2) is 4.36. The van der Waals surface area contributed by atoms with Crippen LogP contribution in [0.3, 0.4) is 0 Å². The molecule has 0 saturated heterocycles. The Bertz CT molecular complexity index is 661. The molecule has 3 aromatic rings. The van der Waals surface area contributed by atoms with E-state index >= 15 is 0 Å². The van der Waals surface area contributed by atoms with Crippen LogP contribution in [-0.2, 0) is 6.54 Å². The van der Waals surface area contributed by atoms with Gasteiger partial charge in [0.05, 0.1) is 0 Å². The van der Waals surface area contributed by atoms with E-state index in [0.717, 1.165) is 17.9 Å². The van der Waals surface area contributed by atoms with Crippen LogP contribution in [0, 0.1) is 0 Å². The van der Waals surface area contributed by atoms with Crippen molar-refractivity contribution in [1.29, 1.82) is 0 Å². The first kappa shape index (κ1) is 10.6. The number of hydrogen-bond acceptors (Lipinski definition) is 6. The van der Waals surface area contributed by atoms with Crippen molar-refractivity contribution in [2.45, 2.75) is 13.5 Å². The molecule has 0 aromatic carbocycles. The first-order valence-electron chi connectivity index (χ1n) is 5.59. The molecular formula is C11H11N7. The Morgan fingerprint density at radius 1 is 1.22 bits per heavy atom. The average Bonchev–Trinajstić information content (AvgIpc) is 2.84. The normalized spacial score (nSPS) is 10.7. The summed E-state index contributed by atoms with van der Waals surface area (Å²) in [5.74, 6) is 0.644. The van der Waals surface area contributed by atoms with Gasteiger partial charge in [-0.1, -0.05) is 5.21 Å². The van der Waals surface area contributed by atoms with Crippen molar-refractivity contribution in [3.8, 4) is 0 Å². The Morgan fingerprint density at radius 3 is 2.83 bits per heavy atom. The molecule has 0 aliphatic carbocycles. The highest BCUT2D eigenvalue weighted by atomic mass is 15.4. The lowest BCUT2D eigenvalue weighted by Crippen LogP contribution is -1.99. The van der Waals surface area contributed by atoms with Crippen LogP contribution in [-0.4, -0.2) is 29.9 Å². The average molecular weight is 241 g/mol. The van der Waals surface area contributed by atoms with Crippen LogP contribution in [0.2, 0.25) is 0 Å². The molecule has 0 radical (unpaired) electrons. The Kier molecular flexibility index (Phi) is 2.56. The second-order valence-corrected chi connectivity index (χ2v) is 3.66. The summed E-state index contributed by atoms with van der Waals surface area (Å²) in [5.41, 5.74) is 2.29. The summed E-state index contributed by atoms with van der Waals surface area (Å²) < 4.78 is 1.73. The molecule has 1 N–H and O–H groups in total. The fourth-order valence-electron chi connectivity index (χ4n) is 1.67. The van der Waals surface area contributed by atoms with E-state index in [9.17, 15) is 0 Å². The van der Waals surface area contributed by atoms with Gasteiger partial charge in [0.25, 0.3) is 0 Å². The van der Waals surface area contributed by atoms with Crippen LogP contribution in [0.4, 0.5) is 11.5 Å². The molecule has 7 heteroatoms. The molecule has 3 aromatic heterocycles. The van der Waals surface area contributed by atoms with Gasteiger partial charge in [0, 0.05) is 24.6 Å². The Hall–Kier alpha value is -2.57. The quantitative estimate of drug-likeness (QED) is 0.746. The van der Waals surface area contributed by atoms with Gasteiger partial charge >= 0.3 is 0 Å². The summed E-state index contributed by atoms with van der Waals surface area (Å²) in [5, 5.41) is 11.3. The minimum Gasteiger partial charge on any atom is -0.338 e. The third-order valence-corrected chi connectivity index (χ3v) is 2.54. The molecule has 0 spiro atoms. The molecule has 0 aliphatic heterocycles. The molecule has 7 nitrogen and oxygen atoms in total. The summed E-state index contributed by atoms with van der Waals surface area (Å²) >= 11 is 0. The number of rotatable bonds is 3. The van der Waals surface area contributed by atoms with Crippen LogP contribution in [0.1, 0.15) is 6.92 Å². The zero-order valence-corrected chi connectivity index (χ0v) is 9.78. The molecule has 0 amide bonds. The number of hydrogen-bond donors (Lipinski definition) is 1. The molecule has 0 bridgehead atoms. The number of pyridine rings is 1. The van der Waals surface area contributed by atoms with Crippen LogP contribution in [0.15, 0.2) is 30.9 Å². The molecule has 90 valence electrons. The fourth-order valence-corrected chi connectivity index (χ4v) is 1.67. The largest absolute Gasteiger partial charge is 0.338 e. The molecule has 0 atom stereocenters. The third kappa shape index (κ3) is 1.75. The highest BCUT2D eigenvalue weighted by molar-refractivity contribution is 5.84. The number of aryl methyl sites for hydroxylation is 1. The monoisotopic (exact) mass is 241 g/mol. The van der Waals surface area contributed by atoms with E-state index in [1.54, 1.807) is 17.1 Å². The molecule has 18 heavy (non-hydrogen) atoms. The smallest absolute Gasteiger partial charge is 0.183 e. The molecule has 0 aliphatic rings. The van der Waals surface area contributed by atoms with Crippen molar-refractivity contribution < 1.29 is 0 Å².